The van der Waals surface area contributed by atoms with Crippen LogP contribution in [-0.4, -0.2) is 35.4 Å². The Labute approximate surface area is 206 Å². The van der Waals surface area contributed by atoms with Crippen molar-refractivity contribution in [2.75, 3.05) is 13.2 Å². The first-order chi connectivity index (χ1) is 16.7. The highest BCUT2D eigenvalue weighted by molar-refractivity contribution is 5.73. The highest BCUT2D eigenvalue weighted by Gasteiger charge is 2.26. The largest absolute Gasteiger partial charge is 0.493 e. The van der Waals surface area contributed by atoms with Crippen LogP contribution < -0.4 is 9.47 Å². The van der Waals surface area contributed by atoms with Crippen LogP contribution in [0.5, 0.6) is 11.5 Å². The second kappa shape index (κ2) is 10.1. The van der Waals surface area contributed by atoms with Crippen molar-refractivity contribution >= 4 is 5.97 Å². The number of carboxylic acids is 1. The Morgan fingerprint density at radius 1 is 1.17 bits per heavy atom. The average molecular weight is 480 g/mol. The van der Waals surface area contributed by atoms with E-state index in [0.29, 0.717) is 42.8 Å². The average Bonchev–Trinajstić information content (AvgIpc) is 3.45. The van der Waals surface area contributed by atoms with E-state index in [1.54, 1.807) is 6.92 Å². The Hall–Kier alpha value is -3.32. The summed E-state index contributed by atoms with van der Waals surface area (Å²) in [7, 11) is 0. The quantitative estimate of drug-likeness (QED) is 0.434. The molecule has 1 N–H and O–H groups in total. The fourth-order valence-electron chi connectivity index (χ4n) is 4.19. The van der Waals surface area contributed by atoms with Gasteiger partial charge in [-0.3, -0.25) is 0 Å². The van der Waals surface area contributed by atoms with Gasteiger partial charge < -0.3 is 23.7 Å². The molecule has 2 heterocycles. The Morgan fingerprint density at radius 2 is 1.91 bits per heavy atom. The van der Waals surface area contributed by atoms with Crippen molar-refractivity contribution in [3.8, 4) is 23.0 Å². The Morgan fingerprint density at radius 3 is 2.57 bits per heavy atom. The smallest absolute Gasteiger partial charge is 0.333 e. The maximum atomic E-state index is 11.5. The Bertz CT molecular complexity index is 1190. The van der Waals surface area contributed by atoms with Crippen LogP contribution in [0.25, 0.3) is 11.5 Å². The summed E-state index contributed by atoms with van der Waals surface area (Å²) >= 11 is 0. The van der Waals surface area contributed by atoms with Gasteiger partial charge in [0, 0.05) is 30.6 Å². The first kappa shape index (κ1) is 24.8. The standard InChI is InChI=1S/C28H33NO6/c1-6-32-24(27(30)31)15-19-9-12-23(21-13-14-33-25(19)21)34-16-22-17(2)35-26(29-22)18-7-10-20(11-8-18)28(3,4)5/h7-12,24H,6,13-16H2,1-5H3,(H,30,31). The molecule has 0 amide bonds. The van der Waals surface area contributed by atoms with Gasteiger partial charge in [0.2, 0.25) is 5.89 Å². The third-order valence-corrected chi connectivity index (χ3v) is 6.20. The number of hydrogen-bond acceptors (Lipinski definition) is 6. The van der Waals surface area contributed by atoms with E-state index in [9.17, 15) is 9.90 Å². The Kier molecular flexibility index (Phi) is 7.17. The molecule has 0 aliphatic carbocycles. The molecule has 2 aromatic carbocycles. The molecule has 7 heteroatoms. The summed E-state index contributed by atoms with van der Waals surface area (Å²) in [5.74, 6) is 1.71. The first-order valence-corrected chi connectivity index (χ1v) is 12.0. The lowest BCUT2D eigenvalue weighted by Crippen LogP contribution is -2.26. The summed E-state index contributed by atoms with van der Waals surface area (Å²) in [6, 6.07) is 12.0. The number of rotatable bonds is 9. The maximum Gasteiger partial charge on any atom is 0.333 e. The second-order valence-corrected chi connectivity index (χ2v) is 9.75. The molecule has 7 nitrogen and oxygen atoms in total. The molecular weight excluding hydrogens is 446 g/mol. The molecule has 3 aromatic rings. The zero-order valence-electron chi connectivity index (χ0n) is 21.0. The van der Waals surface area contributed by atoms with Gasteiger partial charge in [-0.2, -0.15) is 0 Å². The lowest BCUT2D eigenvalue weighted by atomic mass is 9.87. The zero-order valence-corrected chi connectivity index (χ0v) is 21.0. The topological polar surface area (TPSA) is 91.0 Å². The van der Waals surface area contributed by atoms with E-state index >= 15 is 0 Å². The minimum absolute atomic E-state index is 0.0844. The number of aromatic nitrogens is 1. The van der Waals surface area contributed by atoms with Crippen LogP contribution in [-0.2, 0) is 34.4 Å². The lowest BCUT2D eigenvalue weighted by Gasteiger charge is -2.18. The van der Waals surface area contributed by atoms with E-state index in [4.69, 9.17) is 18.6 Å². The van der Waals surface area contributed by atoms with Crippen LogP contribution in [0.15, 0.2) is 40.8 Å². The number of nitrogens with zero attached hydrogens (tertiary/aromatic N) is 1. The van der Waals surface area contributed by atoms with Crippen molar-refractivity contribution in [2.45, 2.75) is 65.6 Å². The van der Waals surface area contributed by atoms with Crippen LogP contribution in [0.2, 0.25) is 0 Å². The summed E-state index contributed by atoms with van der Waals surface area (Å²) < 4.78 is 23.3. The molecule has 1 unspecified atom stereocenters. The summed E-state index contributed by atoms with van der Waals surface area (Å²) in [5, 5.41) is 9.43. The summed E-state index contributed by atoms with van der Waals surface area (Å²) in [6.45, 7) is 11.4. The van der Waals surface area contributed by atoms with Crippen LogP contribution >= 0.6 is 0 Å². The number of ether oxygens (including phenoxy) is 3. The van der Waals surface area contributed by atoms with Gasteiger partial charge >= 0.3 is 5.97 Å². The molecule has 0 bridgehead atoms. The number of oxazole rings is 1. The van der Waals surface area contributed by atoms with Gasteiger partial charge in [-0.15, -0.1) is 0 Å². The van der Waals surface area contributed by atoms with Gasteiger partial charge in [0.1, 0.15) is 29.6 Å². The maximum absolute atomic E-state index is 11.5. The predicted octanol–water partition coefficient (Wildman–Crippen LogP) is 5.49. The van der Waals surface area contributed by atoms with Gasteiger partial charge in [-0.05, 0) is 48.6 Å². The van der Waals surface area contributed by atoms with Gasteiger partial charge in [-0.25, -0.2) is 9.78 Å². The summed E-state index contributed by atoms with van der Waals surface area (Å²) in [4.78, 5) is 16.2. The molecular formula is C28H33NO6. The zero-order chi connectivity index (χ0) is 25.2. The number of benzene rings is 2. The molecule has 1 atom stereocenters. The van der Waals surface area contributed by atoms with E-state index in [-0.39, 0.29) is 18.4 Å². The van der Waals surface area contributed by atoms with Crippen molar-refractivity contribution in [3.63, 3.8) is 0 Å². The monoisotopic (exact) mass is 479 g/mol. The minimum atomic E-state index is -0.982. The van der Waals surface area contributed by atoms with Crippen LogP contribution in [0, 0.1) is 6.92 Å². The fraction of sp³-hybridized carbons (Fsp3) is 0.429. The molecule has 0 saturated heterocycles. The third kappa shape index (κ3) is 5.51. The number of carboxylic acid groups (broad SMARTS) is 1. The number of fused-ring (bicyclic) bond motifs is 1. The van der Waals surface area contributed by atoms with Crippen molar-refractivity contribution < 1.29 is 28.5 Å². The van der Waals surface area contributed by atoms with E-state index in [2.05, 4.69) is 37.9 Å². The van der Waals surface area contributed by atoms with Crippen LogP contribution in [0.1, 0.15) is 55.8 Å². The number of aliphatic carboxylic acids is 1. The Balaban J connectivity index is 1.49. The third-order valence-electron chi connectivity index (χ3n) is 6.20. The molecule has 0 radical (unpaired) electrons. The SMILES string of the molecule is CCOC(Cc1ccc(OCc2nc(-c3ccc(C(C)(C)C)cc3)oc2C)c2c1OCC2)C(=O)O. The molecule has 1 aliphatic rings. The van der Waals surface area contributed by atoms with Crippen LogP contribution in [0.3, 0.4) is 0 Å². The number of aryl methyl sites for hydroxylation is 1. The van der Waals surface area contributed by atoms with E-state index in [0.717, 1.165) is 22.4 Å². The molecule has 0 spiro atoms. The minimum Gasteiger partial charge on any atom is -0.493 e. The molecule has 0 fully saturated rings. The molecule has 4 rings (SSSR count). The van der Waals surface area contributed by atoms with Gasteiger partial charge in [-0.1, -0.05) is 39.0 Å². The van der Waals surface area contributed by atoms with E-state index in [1.165, 1.54) is 5.56 Å². The van der Waals surface area contributed by atoms with Gasteiger partial charge in [0.25, 0.3) is 0 Å². The van der Waals surface area contributed by atoms with Gasteiger partial charge in [0.05, 0.1) is 6.61 Å². The molecule has 186 valence electrons. The first-order valence-electron chi connectivity index (χ1n) is 12.0. The molecule has 1 aliphatic heterocycles. The predicted molar refractivity (Wildman–Crippen MR) is 132 cm³/mol. The van der Waals surface area contributed by atoms with Crippen molar-refractivity contribution in [1.29, 1.82) is 0 Å². The molecule has 1 aromatic heterocycles. The highest BCUT2D eigenvalue weighted by atomic mass is 16.5. The van der Waals surface area contributed by atoms with Crippen molar-refractivity contribution in [1.82, 2.24) is 4.98 Å². The fourth-order valence-corrected chi connectivity index (χ4v) is 4.19. The van der Waals surface area contributed by atoms with Crippen molar-refractivity contribution in [2.24, 2.45) is 0 Å². The normalized spacial score (nSPS) is 13.9. The van der Waals surface area contributed by atoms with Gasteiger partial charge in [0.15, 0.2) is 6.10 Å². The number of carbonyl (C=O) groups is 1. The molecule has 0 saturated carbocycles. The molecule has 35 heavy (non-hydrogen) atoms. The summed E-state index contributed by atoms with van der Waals surface area (Å²) in [6.07, 6.45) is 0.0355. The highest BCUT2D eigenvalue weighted by Crippen LogP contribution is 2.38. The van der Waals surface area contributed by atoms with Crippen LogP contribution in [0.4, 0.5) is 0 Å². The number of hydrogen-bond donors (Lipinski definition) is 1. The van der Waals surface area contributed by atoms with Crippen molar-refractivity contribution in [3.05, 3.63) is 64.5 Å². The lowest BCUT2D eigenvalue weighted by molar-refractivity contribution is -0.149. The summed E-state index contributed by atoms with van der Waals surface area (Å²) in [5.41, 5.74) is 4.75. The van der Waals surface area contributed by atoms with E-state index < -0.39 is 12.1 Å². The second-order valence-electron chi connectivity index (χ2n) is 9.75. The van der Waals surface area contributed by atoms with E-state index in [1.807, 2.05) is 31.2 Å².